The minimum Gasteiger partial charge on any atom is -0.207 e. The fraction of sp³-hybridized carbons (Fsp3) is 0.333. The first kappa shape index (κ1) is 9.97. The Morgan fingerprint density at radius 3 is 2.15 bits per heavy atom. The third-order valence-electron chi connectivity index (χ3n) is 2.03. The van der Waals surface area contributed by atoms with E-state index in [0.717, 1.165) is 5.56 Å². The summed E-state index contributed by atoms with van der Waals surface area (Å²) >= 11 is 0. The van der Waals surface area contributed by atoms with Crippen LogP contribution in [0.15, 0.2) is 30.8 Å². The van der Waals surface area contributed by atoms with Gasteiger partial charge in [-0.25, -0.2) is 4.39 Å². The third kappa shape index (κ3) is 2.18. The molecule has 0 aliphatic carbocycles. The molecule has 0 unspecified atom stereocenters. The summed E-state index contributed by atoms with van der Waals surface area (Å²) in [6.45, 7) is 9.53. The fourth-order valence-corrected chi connectivity index (χ4v) is 1.37. The summed E-state index contributed by atoms with van der Waals surface area (Å²) in [6.07, 6.45) is 0. The first-order chi connectivity index (χ1) is 5.93. The number of benzene rings is 1. The molecule has 0 radical (unpaired) electrons. The van der Waals surface area contributed by atoms with Gasteiger partial charge in [-0.15, -0.1) is 0 Å². The summed E-state index contributed by atoms with van der Waals surface area (Å²) in [4.78, 5) is 0. The maximum atomic E-state index is 13.0. The summed E-state index contributed by atoms with van der Waals surface area (Å²) in [7, 11) is 0. The van der Waals surface area contributed by atoms with Gasteiger partial charge >= 0.3 is 0 Å². The minimum atomic E-state index is -0.356. The smallest absolute Gasteiger partial charge is 0.123 e. The highest BCUT2D eigenvalue weighted by molar-refractivity contribution is 5.61. The summed E-state index contributed by atoms with van der Waals surface area (Å²) in [5.41, 5.74) is 1.59. The maximum Gasteiger partial charge on any atom is 0.123 e. The maximum absolute atomic E-state index is 13.0. The SMILES string of the molecule is C=C(F)c1ccccc1C(C)(C)C. The molecule has 1 aromatic carbocycles. The molecule has 0 N–H and O–H groups in total. The largest absolute Gasteiger partial charge is 0.207 e. The van der Waals surface area contributed by atoms with Crippen LogP contribution < -0.4 is 0 Å². The van der Waals surface area contributed by atoms with Gasteiger partial charge in [0, 0.05) is 5.56 Å². The molecular formula is C12H15F. The van der Waals surface area contributed by atoms with Crippen molar-refractivity contribution < 1.29 is 4.39 Å². The summed E-state index contributed by atoms with van der Waals surface area (Å²) in [5.74, 6) is -0.356. The van der Waals surface area contributed by atoms with Crippen LogP contribution in [0, 0.1) is 0 Å². The van der Waals surface area contributed by atoms with E-state index in [2.05, 4.69) is 27.4 Å². The van der Waals surface area contributed by atoms with Crippen molar-refractivity contribution in [2.75, 3.05) is 0 Å². The lowest BCUT2D eigenvalue weighted by Gasteiger charge is -2.21. The zero-order chi connectivity index (χ0) is 10.1. The van der Waals surface area contributed by atoms with Gasteiger partial charge < -0.3 is 0 Å². The van der Waals surface area contributed by atoms with Gasteiger partial charge in [0.1, 0.15) is 5.83 Å². The Bertz CT molecular complexity index is 318. The first-order valence-electron chi connectivity index (χ1n) is 4.37. The van der Waals surface area contributed by atoms with Crippen LogP contribution in [0.5, 0.6) is 0 Å². The van der Waals surface area contributed by atoms with Crippen molar-refractivity contribution in [2.45, 2.75) is 26.2 Å². The van der Waals surface area contributed by atoms with Crippen molar-refractivity contribution in [3.8, 4) is 0 Å². The normalized spacial score (nSPS) is 11.4. The van der Waals surface area contributed by atoms with Gasteiger partial charge in [-0.3, -0.25) is 0 Å². The van der Waals surface area contributed by atoms with Crippen molar-refractivity contribution in [1.82, 2.24) is 0 Å². The Kier molecular flexibility index (Phi) is 2.55. The molecule has 0 saturated carbocycles. The Morgan fingerprint density at radius 1 is 1.23 bits per heavy atom. The number of rotatable bonds is 1. The van der Waals surface area contributed by atoms with Crippen molar-refractivity contribution >= 4 is 5.83 Å². The van der Waals surface area contributed by atoms with Crippen LogP contribution >= 0.6 is 0 Å². The molecule has 0 aliphatic rings. The summed E-state index contributed by atoms with van der Waals surface area (Å²) < 4.78 is 13.0. The molecule has 0 amide bonds. The second kappa shape index (κ2) is 3.33. The molecule has 0 aliphatic heterocycles. The van der Waals surface area contributed by atoms with Gasteiger partial charge in [-0.05, 0) is 11.0 Å². The number of hydrogen-bond donors (Lipinski definition) is 0. The van der Waals surface area contributed by atoms with Gasteiger partial charge in [0.15, 0.2) is 0 Å². The van der Waals surface area contributed by atoms with E-state index in [4.69, 9.17) is 0 Å². The highest BCUT2D eigenvalue weighted by Crippen LogP contribution is 2.29. The van der Waals surface area contributed by atoms with E-state index in [1.165, 1.54) is 0 Å². The molecule has 0 nitrogen and oxygen atoms in total. The monoisotopic (exact) mass is 178 g/mol. The number of hydrogen-bond acceptors (Lipinski definition) is 0. The van der Waals surface area contributed by atoms with Crippen LogP contribution in [-0.2, 0) is 5.41 Å². The van der Waals surface area contributed by atoms with Gasteiger partial charge in [0.05, 0.1) is 0 Å². The van der Waals surface area contributed by atoms with Crippen LogP contribution in [0.25, 0.3) is 5.83 Å². The van der Waals surface area contributed by atoms with Gasteiger partial charge in [-0.1, -0.05) is 51.6 Å². The van der Waals surface area contributed by atoms with Crippen molar-refractivity contribution in [2.24, 2.45) is 0 Å². The fourth-order valence-electron chi connectivity index (χ4n) is 1.37. The van der Waals surface area contributed by atoms with E-state index < -0.39 is 0 Å². The van der Waals surface area contributed by atoms with E-state index in [0.29, 0.717) is 5.56 Å². The highest BCUT2D eigenvalue weighted by atomic mass is 19.1. The second-order valence-corrected chi connectivity index (χ2v) is 4.20. The van der Waals surface area contributed by atoms with Gasteiger partial charge in [-0.2, -0.15) is 0 Å². The molecule has 0 saturated heterocycles. The molecule has 70 valence electrons. The van der Waals surface area contributed by atoms with E-state index >= 15 is 0 Å². The lowest BCUT2D eigenvalue weighted by molar-refractivity contribution is 0.585. The number of halogens is 1. The van der Waals surface area contributed by atoms with E-state index in [1.54, 1.807) is 6.07 Å². The second-order valence-electron chi connectivity index (χ2n) is 4.20. The van der Waals surface area contributed by atoms with Gasteiger partial charge in [0.25, 0.3) is 0 Å². The van der Waals surface area contributed by atoms with Crippen LogP contribution in [0.2, 0.25) is 0 Å². The summed E-state index contributed by atoms with van der Waals surface area (Å²) in [5, 5.41) is 0. The standard InChI is InChI=1S/C12H15F/c1-9(13)10-7-5-6-8-11(10)12(2,3)4/h5-8H,1H2,2-4H3. The van der Waals surface area contributed by atoms with Crippen molar-refractivity contribution in [3.05, 3.63) is 42.0 Å². The highest BCUT2D eigenvalue weighted by Gasteiger charge is 2.18. The average molecular weight is 178 g/mol. The van der Waals surface area contributed by atoms with E-state index in [-0.39, 0.29) is 11.2 Å². The lowest BCUT2D eigenvalue weighted by Crippen LogP contribution is -2.13. The van der Waals surface area contributed by atoms with Crippen molar-refractivity contribution in [1.29, 1.82) is 0 Å². The average Bonchev–Trinajstić information content (AvgIpc) is 2.03. The molecule has 1 aromatic rings. The molecule has 0 fully saturated rings. The molecule has 0 bridgehead atoms. The van der Waals surface area contributed by atoms with Crippen LogP contribution in [0.1, 0.15) is 31.9 Å². The molecule has 0 atom stereocenters. The Balaban J connectivity index is 3.28. The quantitative estimate of drug-likeness (QED) is 0.611. The van der Waals surface area contributed by atoms with E-state index in [9.17, 15) is 4.39 Å². The first-order valence-corrected chi connectivity index (χ1v) is 4.37. The third-order valence-corrected chi connectivity index (χ3v) is 2.03. The topological polar surface area (TPSA) is 0 Å². The Morgan fingerprint density at radius 2 is 1.77 bits per heavy atom. The molecule has 0 aromatic heterocycles. The minimum absolute atomic E-state index is 0.0361. The predicted octanol–water partition coefficient (Wildman–Crippen LogP) is 3.92. The van der Waals surface area contributed by atoms with Crippen LogP contribution in [-0.4, -0.2) is 0 Å². The van der Waals surface area contributed by atoms with Crippen LogP contribution in [0.3, 0.4) is 0 Å². The zero-order valence-corrected chi connectivity index (χ0v) is 8.39. The summed E-state index contributed by atoms with van der Waals surface area (Å²) in [6, 6.07) is 7.46. The lowest BCUT2D eigenvalue weighted by atomic mass is 9.83. The molecule has 0 heterocycles. The van der Waals surface area contributed by atoms with Crippen molar-refractivity contribution in [3.63, 3.8) is 0 Å². The van der Waals surface area contributed by atoms with Crippen LogP contribution in [0.4, 0.5) is 4.39 Å². The Hall–Kier alpha value is -1.11. The molecule has 0 spiro atoms. The zero-order valence-electron chi connectivity index (χ0n) is 8.39. The van der Waals surface area contributed by atoms with E-state index in [1.807, 2.05) is 18.2 Å². The molecule has 1 rings (SSSR count). The Labute approximate surface area is 79.1 Å². The predicted molar refractivity (Wildman–Crippen MR) is 55.3 cm³/mol. The molecule has 1 heteroatoms. The van der Waals surface area contributed by atoms with Gasteiger partial charge in [0.2, 0.25) is 0 Å². The molecular weight excluding hydrogens is 163 g/mol. The molecule has 13 heavy (non-hydrogen) atoms.